The molecule has 0 spiro atoms. The molecule has 0 aliphatic heterocycles. The number of nitrogens with one attached hydrogen (secondary N) is 1. The summed E-state index contributed by atoms with van der Waals surface area (Å²) < 4.78 is 0.447. The number of anilines is 1. The molecule has 4 nitrogen and oxygen atoms in total. The Kier molecular flexibility index (Phi) is 4.86. The van der Waals surface area contributed by atoms with Crippen molar-refractivity contribution >= 4 is 50.5 Å². The molecule has 0 atom stereocenters. The molecule has 0 aliphatic rings. The van der Waals surface area contributed by atoms with Gasteiger partial charge in [0.15, 0.2) is 0 Å². The van der Waals surface area contributed by atoms with Crippen LogP contribution in [0.5, 0.6) is 0 Å². The smallest absolute Gasteiger partial charge is 0.285 e. The summed E-state index contributed by atoms with van der Waals surface area (Å²) in [4.78, 5) is 10.4. The molecule has 0 aromatic heterocycles. The first-order valence-corrected chi connectivity index (χ1v) is 7.14. The fraction of sp³-hybridized carbons (Fsp3) is 0.0769. The molecule has 0 heterocycles. The lowest BCUT2D eigenvalue weighted by molar-refractivity contribution is -0.385. The summed E-state index contributed by atoms with van der Waals surface area (Å²) in [5.41, 5.74) is 1.61. The van der Waals surface area contributed by atoms with Crippen LogP contribution in [0, 0.1) is 10.1 Å². The lowest BCUT2D eigenvalue weighted by Crippen LogP contribution is -2.00. The minimum atomic E-state index is -0.436. The Hall–Kier alpha value is -1.30. The molecule has 0 bridgehead atoms. The van der Waals surface area contributed by atoms with Crippen LogP contribution in [0.1, 0.15) is 5.56 Å². The molecule has 1 N–H and O–H groups in total. The molecular weight excluding hydrogens is 367 g/mol. The van der Waals surface area contributed by atoms with E-state index in [1.54, 1.807) is 24.3 Å². The highest BCUT2D eigenvalue weighted by atomic mass is 79.9. The first-order valence-electron chi connectivity index (χ1n) is 5.59. The Morgan fingerprint density at radius 3 is 2.55 bits per heavy atom. The Bertz CT molecular complexity index is 665. The molecule has 0 unspecified atom stereocenters. The standard InChI is InChI=1S/C13H9BrCl2N2O2/c14-10-3-2-9(6-13(10)18(19)20)17-7-8-1-4-11(15)12(16)5-8/h1-6,17H,7H2. The summed E-state index contributed by atoms with van der Waals surface area (Å²) in [5.74, 6) is 0. The van der Waals surface area contributed by atoms with Gasteiger partial charge in [0.05, 0.1) is 19.4 Å². The van der Waals surface area contributed by atoms with E-state index in [0.29, 0.717) is 26.8 Å². The average Bonchev–Trinajstić information content (AvgIpc) is 2.41. The molecule has 0 radical (unpaired) electrons. The third-order valence-corrected chi connectivity index (χ3v) is 4.03. The second kappa shape index (κ2) is 6.43. The average molecular weight is 376 g/mol. The number of nitro benzene ring substituents is 1. The Morgan fingerprint density at radius 2 is 1.90 bits per heavy atom. The van der Waals surface area contributed by atoms with Gasteiger partial charge in [-0.25, -0.2) is 0 Å². The van der Waals surface area contributed by atoms with Crippen molar-refractivity contribution in [2.75, 3.05) is 5.32 Å². The number of nitro groups is 1. The molecule has 20 heavy (non-hydrogen) atoms. The van der Waals surface area contributed by atoms with E-state index in [9.17, 15) is 10.1 Å². The van der Waals surface area contributed by atoms with E-state index < -0.39 is 4.92 Å². The highest BCUT2D eigenvalue weighted by Crippen LogP contribution is 2.28. The van der Waals surface area contributed by atoms with Crippen molar-refractivity contribution in [3.8, 4) is 0 Å². The SMILES string of the molecule is O=[N+]([O-])c1cc(NCc2ccc(Cl)c(Cl)c2)ccc1Br. The third kappa shape index (κ3) is 3.62. The van der Waals surface area contributed by atoms with Crippen molar-refractivity contribution in [3.63, 3.8) is 0 Å². The summed E-state index contributed by atoms with van der Waals surface area (Å²) in [6.45, 7) is 0.496. The summed E-state index contributed by atoms with van der Waals surface area (Å²) in [7, 11) is 0. The zero-order valence-corrected chi connectivity index (χ0v) is 13.2. The molecular formula is C13H9BrCl2N2O2. The molecule has 0 fully saturated rings. The van der Waals surface area contributed by atoms with E-state index in [1.165, 1.54) is 6.07 Å². The van der Waals surface area contributed by atoms with Crippen LogP contribution in [-0.2, 0) is 6.54 Å². The highest BCUT2D eigenvalue weighted by Gasteiger charge is 2.12. The van der Waals surface area contributed by atoms with Crippen LogP contribution >= 0.6 is 39.1 Å². The normalized spacial score (nSPS) is 10.3. The van der Waals surface area contributed by atoms with Crippen LogP contribution in [-0.4, -0.2) is 4.92 Å². The van der Waals surface area contributed by atoms with Crippen molar-refractivity contribution in [3.05, 3.63) is 66.6 Å². The van der Waals surface area contributed by atoms with Gasteiger partial charge in [-0.3, -0.25) is 10.1 Å². The fourth-order valence-electron chi connectivity index (χ4n) is 1.62. The number of halogens is 3. The Morgan fingerprint density at radius 1 is 1.15 bits per heavy atom. The summed E-state index contributed by atoms with van der Waals surface area (Å²) in [6.07, 6.45) is 0. The maximum atomic E-state index is 10.8. The zero-order chi connectivity index (χ0) is 14.7. The van der Waals surface area contributed by atoms with E-state index in [1.807, 2.05) is 6.07 Å². The minimum absolute atomic E-state index is 0.0177. The first kappa shape index (κ1) is 15.1. The van der Waals surface area contributed by atoms with Gasteiger partial charge in [-0.2, -0.15) is 0 Å². The second-order valence-corrected chi connectivity index (χ2v) is 5.69. The number of nitrogens with zero attached hydrogens (tertiary/aromatic N) is 1. The molecule has 2 aromatic rings. The fourth-order valence-corrected chi connectivity index (χ4v) is 2.33. The molecule has 0 amide bonds. The van der Waals surface area contributed by atoms with Gasteiger partial charge in [-0.15, -0.1) is 0 Å². The van der Waals surface area contributed by atoms with Crippen molar-refractivity contribution < 1.29 is 4.92 Å². The van der Waals surface area contributed by atoms with Crippen LogP contribution in [0.3, 0.4) is 0 Å². The van der Waals surface area contributed by atoms with Crippen LogP contribution < -0.4 is 5.32 Å². The van der Waals surface area contributed by atoms with Crippen molar-refractivity contribution in [2.45, 2.75) is 6.54 Å². The molecule has 7 heteroatoms. The zero-order valence-electron chi connectivity index (χ0n) is 10.1. The predicted molar refractivity (Wildman–Crippen MR) is 84.6 cm³/mol. The second-order valence-electron chi connectivity index (χ2n) is 4.03. The maximum absolute atomic E-state index is 10.8. The van der Waals surface area contributed by atoms with E-state index >= 15 is 0 Å². The monoisotopic (exact) mass is 374 g/mol. The lowest BCUT2D eigenvalue weighted by Gasteiger charge is -2.08. The largest absolute Gasteiger partial charge is 0.381 e. The van der Waals surface area contributed by atoms with Crippen LogP contribution in [0.15, 0.2) is 40.9 Å². The van der Waals surface area contributed by atoms with Gasteiger partial charge >= 0.3 is 0 Å². The number of benzene rings is 2. The molecule has 2 aromatic carbocycles. The van der Waals surface area contributed by atoms with Crippen LogP contribution in [0.25, 0.3) is 0 Å². The summed E-state index contributed by atoms with van der Waals surface area (Å²) in [5, 5.41) is 14.9. The lowest BCUT2D eigenvalue weighted by atomic mass is 10.2. The number of rotatable bonds is 4. The van der Waals surface area contributed by atoms with Gasteiger partial charge in [0.2, 0.25) is 0 Å². The van der Waals surface area contributed by atoms with Gasteiger partial charge in [0.1, 0.15) is 0 Å². The van der Waals surface area contributed by atoms with E-state index in [0.717, 1.165) is 5.56 Å². The van der Waals surface area contributed by atoms with Gasteiger partial charge < -0.3 is 5.32 Å². The minimum Gasteiger partial charge on any atom is -0.381 e. The van der Waals surface area contributed by atoms with Gasteiger partial charge in [0.25, 0.3) is 5.69 Å². The predicted octanol–water partition coefficient (Wildman–Crippen LogP) is 5.28. The topological polar surface area (TPSA) is 55.2 Å². The first-order chi connectivity index (χ1) is 9.47. The Labute approximate surface area is 134 Å². The van der Waals surface area contributed by atoms with Crippen LogP contribution in [0.2, 0.25) is 10.0 Å². The summed E-state index contributed by atoms with van der Waals surface area (Å²) in [6, 6.07) is 10.2. The molecule has 0 aliphatic carbocycles. The highest BCUT2D eigenvalue weighted by molar-refractivity contribution is 9.10. The summed E-state index contributed by atoms with van der Waals surface area (Å²) >= 11 is 14.9. The quantitative estimate of drug-likeness (QED) is 0.584. The Balaban J connectivity index is 2.12. The van der Waals surface area contributed by atoms with Gasteiger partial charge in [0, 0.05) is 18.3 Å². The molecule has 104 valence electrons. The third-order valence-electron chi connectivity index (χ3n) is 2.62. The van der Waals surface area contributed by atoms with E-state index in [2.05, 4.69) is 21.2 Å². The molecule has 0 saturated heterocycles. The number of hydrogen-bond acceptors (Lipinski definition) is 3. The van der Waals surface area contributed by atoms with E-state index in [-0.39, 0.29) is 5.69 Å². The van der Waals surface area contributed by atoms with Crippen molar-refractivity contribution in [1.29, 1.82) is 0 Å². The van der Waals surface area contributed by atoms with E-state index in [4.69, 9.17) is 23.2 Å². The van der Waals surface area contributed by atoms with Crippen molar-refractivity contribution in [1.82, 2.24) is 0 Å². The van der Waals surface area contributed by atoms with Crippen molar-refractivity contribution in [2.24, 2.45) is 0 Å². The maximum Gasteiger partial charge on any atom is 0.285 e. The van der Waals surface area contributed by atoms with Crippen LogP contribution in [0.4, 0.5) is 11.4 Å². The van der Waals surface area contributed by atoms with Gasteiger partial charge in [-0.05, 0) is 45.8 Å². The molecule has 2 rings (SSSR count). The number of hydrogen-bond donors (Lipinski definition) is 1. The molecule has 0 saturated carbocycles. The van der Waals surface area contributed by atoms with Gasteiger partial charge in [-0.1, -0.05) is 29.3 Å².